The highest BCUT2D eigenvalue weighted by atomic mass is 35.5. The van der Waals surface area contributed by atoms with E-state index in [1.807, 2.05) is 30.3 Å². The predicted octanol–water partition coefficient (Wildman–Crippen LogP) is 2.67. The molecule has 7 nitrogen and oxygen atoms in total. The number of carbonyl (C=O) groups is 1. The molecular formula is C20H19ClN4O3S. The summed E-state index contributed by atoms with van der Waals surface area (Å²) in [6.07, 6.45) is 3.22. The number of sulfonamides is 1. The number of nitrogens with zero attached hydrogens (tertiary/aromatic N) is 4. The number of hydrogen-bond donors (Lipinski definition) is 0. The molecule has 29 heavy (non-hydrogen) atoms. The Labute approximate surface area is 174 Å². The lowest BCUT2D eigenvalue weighted by molar-refractivity contribution is 0.0698. The summed E-state index contributed by atoms with van der Waals surface area (Å²) in [6, 6.07) is 15.7. The van der Waals surface area contributed by atoms with Crippen LogP contribution in [0.2, 0.25) is 5.02 Å². The molecule has 2 aromatic carbocycles. The zero-order valence-electron chi connectivity index (χ0n) is 15.5. The summed E-state index contributed by atoms with van der Waals surface area (Å²) in [6.45, 7) is 1.09. The molecule has 4 rings (SSSR count). The third-order valence-corrected chi connectivity index (χ3v) is 6.94. The summed E-state index contributed by atoms with van der Waals surface area (Å²) in [5.74, 6) is -0.160. The fourth-order valence-corrected chi connectivity index (χ4v) is 4.97. The van der Waals surface area contributed by atoms with Gasteiger partial charge >= 0.3 is 0 Å². The number of aromatic nitrogens is 2. The van der Waals surface area contributed by atoms with Crippen LogP contribution in [-0.2, 0) is 10.0 Å². The summed E-state index contributed by atoms with van der Waals surface area (Å²) in [7, 11) is -3.64. The number of rotatable bonds is 4. The van der Waals surface area contributed by atoms with Crippen LogP contribution >= 0.6 is 11.6 Å². The van der Waals surface area contributed by atoms with Gasteiger partial charge in [-0.25, -0.2) is 13.1 Å². The molecule has 1 aliphatic rings. The van der Waals surface area contributed by atoms with Gasteiger partial charge in [-0.3, -0.25) is 4.79 Å². The maximum absolute atomic E-state index is 12.8. The average Bonchev–Trinajstić information content (AvgIpc) is 3.24. The lowest BCUT2D eigenvalue weighted by Crippen LogP contribution is -2.50. The lowest BCUT2D eigenvalue weighted by Gasteiger charge is -2.33. The molecule has 0 saturated carbocycles. The molecule has 0 unspecified atom stereocenters. The van der Waals surface area contributed by atoms with Crippen LogP contribution in [0.15, 0.2) is 71.9 Å². The van der Waals surface area contributed by atoms with Crippen LogP contribution in [0.25, 0.3) is 5.69 Å². The van der Waals surface area contributed by atoms with Crippen LogP contribution in [-0.4, -0.2) is 59.5 Å². The summed E-state index contributed by atoms with van der Waals surface area (Å²) in [5.41, 5.74) is 1.34. The number of halogens is 1. The van der Waals surface area contributed by atoms with Crippen LogP contribution in [0.5, 0.6) is 0 Å². The Bertz CT molecular complexity index is 1120. The van der Waals surface area contributed by atoms with Crippen molar-refractivity contribution in [3.63, 3.8) is 0 Å². The van der Waals surface area contributed by atoms with Gasteiger partial charge in [-0.1, -0.05) is 35.9 Å². The molecule has 0 aliphatic carbocycles. The van der Waals surface area contributed by atoms with E-state index in [0.29, 0.717) is 23.7 Å². The Hall–Kier alpha value is -2.68. The summed E-state index contributed by atoms with van der Waals surface area (Å²) >= 11 is 5.92. The molecule has 0 bridgehead atoms. The molecule has 0 spiro atoms. The minimum Gasteiger partial charge on any atom is -0.336 e. The highest BCUT2D eigenvalue weighted by Gasteiger charge is 2.30. The van der Waals surface area contributed by atoms with E-state index in [-0.39, 0.29) is 23.9 Å². The number of amides is 1. The van der Waals surface area contributed by atoms with Gasteiger partial charge in [0.05, 0.1) is 22.3 Å². The first kappa shape index (κ1) is 19.6. The predicted molar refractivity (Wildman–Crippen MR) is 110 cm³/mol. The van der Waals surface area contributed by atoms with Gasteiger partial charge in [0.15, 0.2) is 0 Å². The monoisotopic (exact) mass is 430 g/mol. The molecular weight excluding hydrogens is 412 g/mol. The van der Waals surface area contributed by atoms with E-state index in [4.69, 9.17) is 11.6 Å². The van der Waals surface area contributed by atoms with Crippen molar-refractivity contribution in [2.45, 2.75) is 4.90 Å². The van der Waals surface area contributed by atoms with Crippen molar-refractivity contribution >= 4 is 27.5 Å². The van der Waals surface area contributed by atoms with E-state index < -0.39 is 10.0 Å². The van der Waals surface area contributed by atoms with E-state index in [2.05, 4.69) is 5.10 Å². The Morgan fingerprint density at radius 2 is 1.69 bits per heavy atom. The van der Waals surface area contributed by atoms with Gasteiger partial charge in [0.1, 0.15) is 0 Å². The Morgan fingerprint density at radius 1 is 0.966 bits per heavy atom. The Balaban J connectivity index is 1.43. The SMILES string of the molecule is O=C(c1cnn(-c2ccccc2)c1)N1CCN(S(=O)(=O)c2cccc(Cl)c2)CC1. The third kappa shape index (κ3) is 4.05. The first-order chi connectivity index (χ1) is 13.9. The Kier molecular flexibility index (Phi) is 5.40. The fraction of sp³-hybridized carbons (Fsp3) is 0.200. The van der Waals surface area contributed by atoms with Crippen LogP contribution in [0.1, 0.15) is 10.4 Å². The largest absolute Gasteiger partial charge is 0.336 e. The Morgan fingerprint density at radius 3 is 2.38 bits per heavy atom. The minimum absolute atomic E-state index is 0.160. The second-order valence-electron chi connectivity index (χ2n) is 6.66. The molecule has 1 fully saturated rings. The molecule has 1 saturated heterocycles. The van der Waals surface area contributed by atoms with Gasteiger partial charge in [-0.2, -0.15) is 9.40 Å². The van der Waals surface area contributed by atoms with Crippen molar-refractivity contribution in [2.24, 2.45) is 0 Å². The average molecular weight is 431 g/mol. The first-order valence-corrected chi connectivity index (χ1v) is 10.9. The standard InChI is InChI=1S/C20H19ClN4O3S/c21-17-5-4-8-19(13-17)29(27,28)24-11-9-23(10-12-24)20(26)16-14-22-25(15-16)18-6-2-1-3-7-18/h1-8,13-15H,9-12H2. The van der Waals surface area contributed by atoms with E-state index in [1.165, 1.54) is 22.6 Å². The maximum Gasteiger partial charge on any atom is 0.257 e. The summed E-state index contributed by atoms with van der Waals surface area (Å²) in [4.78, 5) is 14.6. The number of hydrogen-bond acceptors (Lipinski definition) is 4. The molecule has 1 amide bonds. The highest BCUT2D eigenvalue weighted by Crippen LogP contribution is 2.21. The van der Waals surface area contributed by atoms with E-state index >= 15 is 0 Å². The quantitative estimate of drug-likeness (QED) is 0.637. The van der Waals surface area contributed by atoms with Gasteiger partial charge in [0.25, 0.3) is 5.91 Å². The lowest BCUT2D eigenvalue weighted by atomic mass is 10.2. The van der Waals surface area contributed by atoms with E-state index in [9.17, 15) is 13.2 Å². The van der Waals surface area contributed by atoms with Gasteiger partial charge in [0, 0.05) is 37.4 Å². The van der Waals surface area contributed by atoms with Crippen LogP contribution in [0.4, 0.5) is 0 Å². The molecule has 0 atom stereocenters. The summed E-state index contributed by atoms with van der Waals surface area (Å²) in [5, 5.41) is 4.63. The second-order valence-corrected chi connectivity index (χ2v) is 9.04. The van der Waals surface area contributed by atoms with Crippen molar-refractivity contribution in [3.8, 4) is 5.69 Å². The topological polar surface area (TPSA) is 75.5 Å². The molecule has 1 aliphatic heterocycles. The van der Waals surface area contributed by atoms with Crippen molar-refractivity contribution in [2.75, 3.05) is 26.2 Å². The minimum atomic E-state index is -3.64. The number of benzene rings is 2. The van der Waals surface area contributed by atoms with Gasteiger partial charge in [0.2, 0.25) is 10.0 Å². The molecule has 0 N–H and O–H groups in total. The number of piperazine rings is 1. The normalized spacial score (nSPS) is 15.4. The van der Waals surface area contributed by atoms with E-state index in [1.54, 1.807) is 27.9 Å². The highest BCUT2D eigenvalue weighted by molar-refractivity contribution is 7.89. The number of para-hydroxylation sites is 1. The second kappa shape index (κ2) is 7.98. The van der Waals surface area contributed by atoms with Crippen LogP contribution < -0.4 is 0 Å². The molecule has 3 aromatic rings. The van der Waals surface area contributed by atoms with Crippen LogP contribution in [0, 0.1) is 0 Å². The first-order valence-electron chi connectivity index (χ1n) is 9.10. The third-order valence-electron chi connectivity index (χ3n) is 4.81. The van der Waals surface area contributed by atoms with Crippen LogP contribution in [0.3, 0.4) is 0 Å². The van der Waals surface area contributed by atoms with E-state index in [0.717, 1.165) is 5.69 Å². The zero-order valence-corrected chi connectivity index (χ0v) is 17.1. The van der Waals surface area contributed by atoms with Crippen molar-refractivity contribution in [1.29, 1.82) is 0 Å². The molecule has 2 heterocycles. The molecule has 0 radical (unpaired) electrons. The van der Waals surface area contributed by atoms with Crippen molar-refractivity contribution in [1.82, 2.24) is 19.0 Å². The van der Waals surface area contributed by atoms with Crippen molar-refractivity contribution < 1.29 is 13.2 Å². The van der Waals surface area contributed by atoms with Gasteiger partial charge in [-0.15, -0.1) is 0 Å². The molecule has 1 aromatic heterocycles. The van der Waals surface area contributed by atoms with Crippen molar-refractivity contribution in [3.05, 3.63) is 77.6 Å². The fourth-order valence-electron chi connectivity index (χ4n) is 3.25. The smallest absolute Gasteiger partial charge is 0.257 e. The summed E-state index contributed by atoms with van der Waals surface area (Å²) < 4.78 is 28.6. The maximum atomic E-state index is 12.8. The van der Waals surface area contributed by atoms with Gasteiger partial charge < -0.3 is 4.90 Å². The molecule has 9 heteroatoms. The van der Waals surface area contributed by atoms with Gasteiger partial charge in [-0.05, 0) is 30.3 Å². The zero-order chi connectivity index (χ0) is 20.4. The molecule has 150 valence electrons. The number of carbonyl (C=O) groups excluding carboxylic acids is 1.